The van der Waals surface area contributed by atoms with Crippen LogP contribution >= 0.6 is 0 Å². The van der Waals surface area contributed by atoms with Crippen molar-refractivity contribution in [1.29, 1.82) is 0 Å². The molecular formula is C5H7F3Si. The van der Waals surface area contributed by atoms with Crippen LogP contribution in [0.5, 0.6) is 0 Å². The summed E-state index contributed by atoms with van der Waals surface area (Å²) < 4.78 is 35.2. The molecule has 0 unspecified atom stereocenters. The highest BCUT2D eigenvalue weighted by atomic mass is 28.5. The first-order chi connectivity index (χ1) is 4.02. The number of hydrogen-bond acceptors (Lipinski definition) is 0. The third-order valence-corrected chi connectivity index (χ3v) is 2.11. The van der Waals surface area contributed by atoms with Gasteiger partial charge < -0.3 is 0 Å². The number of hydrogen-bond donors (Lipinski definition) is 0. The molecule has 0 amide bonds. The van der Waals surface area contributed by atoms with Gasteiger partial charge in [-0.2, -0.15) is 0 Å². The van der Waals surface area contributed by atoms with Crippen molar-refractivity contribution in [2.24, 2.45) is 0 Å². The van der Waals surface area contributed by atoms with Crippen LogP contribution in [0.2, 0.25) is 5.54 Å². The third-order valence-electron chi connectivity index (χ3n) is 0.886. The summed E-state index contributed by atoms with van der Waals surface area (Å²) in [5, 5.41) is 0. The van der Waals surface area contributed by atoms with E-state index in [0.717, 1.165) is 12.2 Å². The Bertz CT molecular complexity index is 108. The summed E-state index contributed by atoms with van der Waals surface area (Å²) in [5.41, 5.74) is -1.43. The first kappa shape index (κ1) is 8.49. The molecule has 0 radical (unpaired) electrons. The molecule has 0 saturated carbocycles. The molecule has 0 fully saturated rings. The molecule has 0 aromatic rings. The molecule has 4 heteroatoms. The van der Waals surface area contributed by atoms with Gasteiger partial charge in [-0.05, 0) is 0 Å². The van der Waals surface area contributed by atoms with Gasteiger partial charge in [0.1, 0.15) is 0 Å². The molecule has 0 heterocycles. The molecule has 0 saturated heterocycles. The summed E-state index contributed by atoms with van der Waals surface area (Å²) in [6, 6.07) is 0. The Morgan fingerprint density at radius 2 is 1.44 bits per heavy atom. The number of halogens is 3. The topological polar surface area (TPSA) is 0 Å². The van der Waals surface area contributed by atoms with Crippen molar-refractivity contribution in [3.8, 4) is 0 Å². The monoisotopic (exact) mass is 152 g/mol. The van der Waals surface area contributed by atoms with E-state index in [0.29, 0.717) is 0 Å². The standard InChI is InChI=1S/C5H7F3Si/c1-3-5(4-2)9(6,7)8/h3-5H,1-2H2. The van der Waals surface area contributed by atoms with E-state index in [1.807, 2.05) is 0 Å². The van der Waals surface area contributed by atoms with Crippen LogP contribution in [0, 0.1) is 0 Å². The molecule has 0 N–H and O–H groups in total. The highest BCUT2D eigenvalue weighted by Gasteiger charge is 2.43. The van der Waals surface area contributed by atoms with Crippen LogP contribution in [0.4, 0.5) is 12.3 Å². The van der Waals surface area contributed by atoms with E-state index in [9.17, 15) is 12.3 Å². The molecule has 0 aromatic heterocycles. The van der Waals surface area contributed by atoms with E-state index >= 15 is 0 Å². The summed E-state index contributed by atoms with van der Waals surface area (Å²) in [5.74, 6) is 0. The lowest BCUT2D eigenvalue weighted by atomic mass is 10.4. The molecule has 0 aliphatic carbocycles. The second-order valence-corrected chi connectivity index (χ2v) is 3.29. The van der Waals surface area contributed by atoms with Crippen LogP contribution in [-0.2, 0) is 0 Å². The minimum atomic E-state index is -5.52. The van der Waals surface area contributed by atoms with Gasteiger partial charge in [0.15, 0.2) is 0 Å². The maximum Gasteiger partial charge on any atom is 0.627 e. The average Bonchev–Trinajstić information content (AvgIpc) is 1.65. The summed E-state index contributed by atoms with van der Waals surface area (Å²) in [7, 11) is -5.52. The average molecular weight is 152 g/mol. The molecular weight excluding hydrogens is 145 g/mol. The van der Waals surface area contributed by atoms with Gasteiger partial charge in [-0.25, -0.2) is 12.3 Å². The predicted molar refractivity (Wildman–Crippen MR) is 33.2 cm³/mol. The fourth-order valence-corrected chi connectivity index (χ4v) is 0.898. The Morgan fingerprint density at radius 1 is 1.11 bits per heavy atom. The molecule has 0 aliphatic rings. The van der Waals surface area contributed by atoms with E-state index in [2.05, 4.69) is 13.2 Å². The van der Waals surface area contributed by atoms with Gasteiger partial charge in [-0.3, -0.25) is 0 Å². The second kappa shape index (κ2) is 2.86. The zero-order valence-corrected chi connectivity index (χ0v) is 5.78. The summed E-state index contributed by atoms with van der Waals surface area (Å²) >= 11 is 0. The van der Waals surface area contributed by atoms with Gasteiger partial charge in [-0.15, -0.1) is 13.2 Å². The quantitative estimate of drug-likeness (QED) is 0.331. The van der Waals surface area contributed by atoms with Gasteiger partial charge in [0.25, 0.3) is 0 Å². The molecule has 52 valence electrons. The van der Waals surface area contributed by atoms with Gasteiger partial charge >= 0.3 is 9.08 Å². The van der Waals surface area contributed by atoms with Crippen LogP contribution in [0.3, 0.4) is 0 Å². The molecule has 0 nitrogen and oxygen atoms in total. The zero-order valence-electron chi connectivity index (χ0n) is 4.78. The normalized spacial score (nSPS) is 11.6. The molecule has 0 spiro atoms. The lowest BCUT2D eigenvalue weighted by molar-refractivity contribution is 0.464. The molecule has 0 aliphatic heterocycles. The first-order valence-electron chi connectivity index (χ1n) is 2.34. The Morgan fingerprint density at radius 3 is 1.44 bits per heavy atom. The minimum Gasteiger partial charge on any atom is -0.237 e. The Kier molecular flexibility index (Phi) is 2.70. The van der Waals surface area contributed by atoms with Crippen LogP contribution in [-0.4, -0.2) is 9.08 Å². The number of allylic oxidation sites excluding steroid dienone is 2. The minimum absolute atomic E-state index is 0.874. The number of rotatable bonds is 3. The van der Waals surface area contributed by atoms with Crippen molar-refractivity contribution in [1.82, 2.24) is 0 Å². The lowest BCUT2D eigenvalue weighted by Crippen LogP contribution is -2.20. The highest BCUT2D eigenvalue weighted by molar-refractivity contribution is 6.61. The molecule has 0 aromatic carbocycles. The van der Waals surface area contributed by atoms with E-state index in [1.54, 1.807) is 0 Å². The van der Waals surface area contributed by atoms with Crippen molar-refractivity contribution < 1.29 is 12.3 Å². The summed E-state index contributed by atoms with van der Waals surface area (Å²) in [4.78, 5) is 0. The molecule has 0 atom stereocenters. The van der Waals surface area contributed by atoms with Crippen LogP contribution in [0.15, 0.2) is 25.3 Å². The second-order valence-electron chi connectivity index (χ2n) is 1.54. The maximum absolute atomic E-state index is 11.7. The van der Waals surface area contributed by atoms with Crippen LogP contribution in [0.25, 0.3) is 0 Å². The largest absolute Gasteiger partial charge is 0.627 e. The molecule has 0 bridgehead atoms. The summed E-state index contributed by atoms with van der Waals surface area (Å²) in [6.07, 6.45) is 1.75. The maximum atomic E-state index is 11.7. The van der Waals surface area contributed by atoms with Gasteiger partial charge in [0.2, 0.25) is 0 Å². The molecule has 0 rings (SSSR count). The third kappa shape index (κ3) is 2.50. The smallest absolute Gasteiger partial charge is 0.237 e. The summed E-state index contributed by atoms with van der Waals surface area (Å²) in [6.45, 7) is 6.08. The van der Waals surface area contributed by atoms with E-state index in [4.69, 9.17) is 0 Å². The lowest BCUT2D eigenvalue weighted by Gasteiger charge is -2.05. The Labute approximate surface area is 53.2 Å². The van der Waals surface area contributed by atoms with Gasteiger partial charge in [-0.1, -0.05) is 12.2 Å². The van der Waals surface area contributed by atoms with Gasteiger partial charge in [0.05, 0.1) is 5.54 Å². The molecule has 9 heavy (non-hydrogen) atoms. The zero-order chi connectivity index (χ0) is 7.49. The van der Waals surface area contributed by atoms with Crippen molar-refractivity contribution in [2.45, 2.75) is 5.54 Å². The van der Waals surface area contributed by atoms with Crippen LogP contribution in [0.1, 0.15) is 0 Å². The van der Waals surface area contributed by atoms with Gasteiger partial charge in [0, 0.05) is 0 Å². The fourth-order valence-electron chi connectivity index (χ4n) is 0.363. The van der Waals surface area contributed by atoms with Crippen molar-refractivity contribution in [3.05, 3.63) is 25.3 Å². The highest BCUT2D eigenvalue weighted by Crippen LogP contribution is 2.27. The van der Waals surface area contributed by atoms with Crippen molar-refractivity contribution in [2.75, 3.05) is 0 Å². The van der Waals surface area contributed by atoms with E-state index in [-0.39, 0.29) is 0 Å². The van der Waals surface area contributed by atoms with E-state index in [1.165, 1.54) is 0 Å². The van der Waals surface area contributed by atoms with Crippen LogP contribution < -0.4 is 0 Å². The van der Waals surface area contributed by atoms with Crippen molar-refractivity contribution >= 4 is 9.08 Å². The predicted octanol–water partition coefficient (Wildman–Crippen LogP) is 2.58. The Hall–Kier alpha value is -0.513. The fraction of sp³-hybridized carbons (Fsp3) is 0.200. The van der Waals surface area contributed by atoms with E-state index < -0.39 is 14.6 Å². The van der Waals surface area contributed by atoms with Crippen molar-refractivity contribution in [3.63, 3.8) is 0 Å². The first-order valence-corrected chi connectivity index (χ1v) is 4.05. The SMILES string of the molecule is C=CC(C=C)[Si](F)(F)F. The Balaban J connectivity index is 4.11.